The zero-order valence-electron chi connectivity index (χ0n) is 14.6. The highest BCUT2D eigenvalue weighted by Crippen LogP contribution is 2.22. The second-order valence-electron chi connectivity index (χ2n) is 5.01. The normalized spacial score (nSPS) is 8.84. The third-order valence-corrected chi connectivity index (χ3v) is 2.23. The van der Waals surface area contributed by atoms with Crippen molar-refractivity contribution in [2.45, 2.75) is 73.6 Å². The molecule has 112 valence electrons. The number of rotatable bonds is 1. The van der Waals surface area contributed by atoms with Gasteiger partial charge in [-0.25, -0.2) is 0 Å². The fourth-order valence-electron chi connectivity index (χ4n) is 1.24. The predicted octanol–water partition coefficient (Wildman–Crippen LogP) is 6.79. The molecule has 0 atom stereocenters. The summed E-state index contributed by atoms with van der Waals surface area (Å²) < 4.78 is 0. The molecule has 0 unspecified atom stereocenters. The van der Waals surface area contributed by atoms with Crippen LogP contribution in [0.2, 0.25) is 0 Å². The second kappa shape index (κ2) is 15.0. The van der Waals surface area contributed by atoms with Crippen molar-refractivity contribution in [3.63, 3.8) is 0 Å². The minimum absolute atomic E-state index is 0.284. The molecule has 0 aliphatic rings. The first-order valence-corrected chi connectivity index (χ1v) is 7.55. The Morgan fingerprint density at radius 2 is 1.16 bits per heavy atom. The van der Waals surface area contributed by atoms with E-state index in [1.165, 1.54) is 17.5 Å². The fraction of sp³-hybridized carbons (Fsp3) is 0.579. The van der Waals surface area contributed by atoms with Gasteiger partial charge in [0.15, 0.2) is 0 Å². The first-order valence-electron chi connectivity index (χ1n) is 7.55. The van der Waals surface area contributed by atoms with Gasteiger partial charge in [0.25, 0.3) is 0 Å². The van der Waals surface area contributed by atoms with Gasteiger partial charge in [-0.15, -0.1) is 13.2 Å². The van der Waals surface area contributed by atoms with Crippen LogP contribution in [0.1, 0.15) is 72.9 Å². The number of benzene rings is 1. The summed E-state index contributed by atoms with van der Waals surface area (Å²) in [5, 5.41) is 0. The van der Waals surface area contributed by atoms with Gasteiger partial charge in [-0.05, 0) is 23.0 Å². The van der Waals surface area contributed by atoms with E-state index in [1.807, 2.05) is 13.8 Å². The third kappa shape index (κ3) is 13.2. The van der Waals surface area contributed by atoms with Crippen LogP contribution < -0.4 is 0 Å². The Hall–Kier alpha value is -1.04. The predicted molar refractivity (Wildman–Crippen MR) is 93.1 cm³/mol. The first-order chi connectivity index (χ1) is 8.95. The molecule has 0 aliphatic carbocycles. The molecule has 1 rings (SSSR count). The van der Waals surface area contributed by atoms with Crippen LogP contribution >= 0.6 is 0 Å². The third-order valence-electron chi connectivity index (χ3n) is 2.23. The van der Waals surface area contributed by atoms with E-state index in [2.05, 4.69) is 79.0 Å². The molecule has 0 saturated heterocycles. The molecule has 1 aromatic carbocycles. The van der Waals surface area contributed by atoms with Gasteiger partial charge >= 0.3 is 0 Å². The summed E-state index contributed by atoms with van der Waals surface area (Å²) >= 11 is 0. The van der Waals surface area contributed by atoms with Crippen molar-refractivity contribution in [3.05, 3.63) is 48.6 Å². The van der Waals surface area contributed by atoms with Crippen molar-refractivity contribution < 1.29 is 0 Å². The summed E-state index contributed by atoms with van der Waals surface area (Å²) in [7, 11) is 0. The Morgan fingerprint density at radius 3 is 1.37 bits per heavy atom. The molecule has 0 heteroatoms. The minimum Gasteiger partial charge on any atom is -0.106 e. The van der Waals surface area contributed by atoms with Crippen molar-refractivity contribution >= 4 is 0 Å². The molecule has 0 aliphatic heterocycles. The average Bonchev–Trinajstić information content (AvgIpc) is 2.43. The van der Waals surface area contributed by atoms with E-state index >= 15 is 0 Å². The molecule has 0 N–H and O–H groups in total. The molecule has 1 aromatic rings. The van der Waals surface area contributed by atoms with Gasteiger partial charge in [0.2, 0.25) is 0 Å². The SMILES string of the molecule is C=C.CC.CCC.CCc1ccc(C(C)(C)C)cc1. The van der Waals surface area contributed by atoms with Crippen molar-refractivity contribution in [1.29, 1.82) is 0 Å². The average molecular weight is 264 g/mol. The van der Waals surface area contributed by atoms with Gasteiger partial charge < -0.3 is 0 Å². The topological polar surface area (TPSA) is 0 Å². The maximum atomic E-state index is 3.00. The number of hydrogen-bond donors (Lipinski definition) is 0. The van der Waals surface area contributed by atoms with E-state index in [9.17, 15) is 0 Å². The van der Waals surface area contributed by atoms with Crippen molar-refractivity contribution in [1.82, 2.24) is 0 Å². The molecule has 0 bridgehead atoms. The van der Waals surface area contributed by atoms with E-state index in [4.69, 9.17) is 0 Å². The zero-order chi connectivity index (χ0) is 15.9. The molecule has 0 heterocycles. The molecule has 0 aromatic heterocycles. The summed E-state index contributed by atoms with van der Waals surface area (Å²) in [6, 6.07) is 8.92. The Morgan fingerprint density at radius 1 is 0.842 bits per heavy atom. The maximum absolute atomic E-state index is 3.00. The highest BCUT2D eigenvalue weighted by molar-refractivity contribution is 5.27. The van der Waals surface area contributed by atoms with Gasteiger partial charge in [-0.2, -0.15) is 0 Å². The van der Waals surface area contributed by atoms with E-state index < -0.39 is 0 Å². The molecule has 0 nitrogen and oxygen atoms in total. The lowest BCUT2D eigenvalue weighted by molar-refractivity contribution is 0.590. The Kier molecular flexibility index (Phi) is 18.2. The van der Waals surface area contributed by atoms with Crippen LogP contribution in [0.15, 0.2) is 37.4 Å². The van der Waals surface area contributed by atoms with Crippen molar-refractivity contribution in [2.24, 2.45) is 0 Å². The summed E-state index contributed by atoms with van der Waals surface area (Å²) in [4.78, 5) is 0. The minimum atomic E-state index is 0.284. The highest BCUT2D eigenvalue weighted by atomic mass is 14.2. The molecule has 0 spiro atoms. The summed E-state index contributed by atoms with van der Waals surface area (Å²) in [5.41, 5.74) is 3.12. The van der Waals surface area contributed by atoms with Crippen LogP contribution in [0.3, 0.4) is 0 Å². The van der Waals surface area contributed by atoms with Crippen LogP contribution in [0.5, 0.6) is 0 Å². The van der Waals surface area contributed by atoms with E-state index in [0.717, 1.165) is 6.42 Å². The van der Waals surface area contributed by atoms with Gasteiger partial charge in [0.05, 0.1) is 0 Å². The Balaban J connectivity index is -0.000000313. The van der Waals surface area contributed by atoms with Crippen LogP contribution in [0.4, 0.5) is 0 Å². The van der Waals surface area contributed by atoms with Crippen LogP contribution in [0, 0.1) is 0 Å². The summed E-state index contributed by atoms with van der Waals surface area (Å²) in [6.07, 6.45) is 2.38. The number of hydrogen-bond acceptors (Lipinski definition) is 0. The Labute approximate surface area is 123 Å². The van der Waals surface area contributed by atoms with E-state index in [-0.39, 0.29) is 5.41 Å². The van der Waals surface area contributed by atoms with Crippen LogP contribution in [-0.2, 0) is 11.8 Å². The van der Waals surface area contributed by atoms with Crippen molar-refractivity contribution in [3.8, 4) is 0 Å². The first kappa shape index (κ1) is 23.1. The summed E-state index contributed by atoms with van der Waals surface area (Å²) in [6.45, 7) is 23.2. The zero-order valence-corrected chi connectivity index (χ0v) is 14.6. The van der Waals surface area contributed by atoms with Gasteiger partial charge in [0.1, 0.15) is 0 Å². The molecule has 0 fully saturated rings. The lowest BCUT2D eigenvalue weighted by Gasteiger charge is -2.18. The summed E-state index contributed by atoms with van der Waals surface area (Å²) in [5.74, 6) is 0. The van der Waals surface area contributed by atoms with E-state index in [1.54, 1.807) is 0 Å². The van der Waals surface area contributed by atoms with Gasteiger partial charge in [-0.3, -0.25) is 0 Å². The molecule has 0 saturated carbocycles. The molecule has 0 amide bonds. The lowest BCUT2D eigenvalue weighted by atomic mass is 9.86. The maximum Gasteiger partial charge on any atom is -0.0132 e. The standard InChI is InChI=1S/C12H18.C3H8.C2H6.C2H4/c1-5-10-6-8-11(9-7-10)12(2,3)4;1-3-2;2*1-2/h6-9H,5H2,1-4H3;3H2,1-2H3;1-2H3;1-2H2. The lowest BCUT2D eigenvalue weighted by Crippen LogP contribution is -2.10. The van der Waals surface area contributed by atoms with Gasteiger partial charge in [0, 0.05) is 0 Å². The second-order valence-corrected chi connectivity index (χ2v) is 5.01. The largest absolute Gasteiger partial charge is 0.106 e. The van der Waals surface area contributed by atoms with Crippen LogP contribution in [0.25, 0.3) is 0 Å². The van der Waals surface area contributed by atoms with E-state index in [0.29, 0.717) is 0 Å². The molecular formula is C19H36. The molecular weight excluding hydrogens is 228 g/mol. The fourth-order valence-corrected chi connectivity index (χ4v) is 1.24. The quantitative estimate of drug-likeness (QED) is 0.490. The van der Waals surface area contributed by atoms with Crippen molar-refractivity contribution in [2.75, 3.05) is 0 Å². The Bertz CT molecular complexity index is 261. The van der Waals surface area contributed by atoms with Crippen LogP contribution in [-0.4, -0.2) is 0 Å². The van der Waals surface area contributed by atoms with Gasteiger partial charge in [-0.1, -0.05) is 86.1 Å². The monoisotopic (exact) mass is 264 g/mol. The highest BCUT2D eigenvalue weighted by Gasteiger charge is 2.12. The molecule has 19 heavy (non-hydrogen) atoms. The molecule has 0 radical (unpaired) electrons. The number of aryl methyl sites for hydroxylation is 1. The smallest absolute Gasteiger partial charge is 0.0132 e.